The van der Waals surface area contributed by atoms with Gasteiger partial charge in [-0.25, -0.2) is 4.79 Å². The molecule has 2 amide bonds. The smallest absolute Gasteiger partial charge is 0.317 e. The van der Waals surface area contributed by atoms with Crippen LogP contribution in [0.3, 0.4) is 0 Å². The largest absolute Gasteiger partial charge is 0.338 e. The van der Waals surface area contributed by atoms with Crippen LogP contribution in [0.2, 0.25) is 0 Å². The lowest BCUT2D eigenvalue weighted by Crippen LogP contribution is -2.44. The average molecular weight is 225 g/mol. The molecule has 2 rings (SSSR count). The van der Waals surface area contributed by atoms with Gasteiger partial charge in [0, 0.05) is 31.7 Å². The SMILES string of the molecule is CCCCNC(=O)N1CCC2CCC(C1)N2. The molecule has 0 saturated carbocycles. The lowest BCUT2D eigenvalue weighted by Gasteiger charge is -2.24. The Morgan fingerprint density at radius 1 is 1.38 bits per heavy atom. The first kappa shape index (κ1) is 11.7. The van der Waals surface area contributed by atoms with Gasteiger partial charge >= 0.3 is 6.03 Å². The predicted molar refractivity (Wildman–Crippen MR) is 64.4 cm³/mol. The number of likely N-dealkylation sites (tertiary alicyclic amines) is 1. The number of fused-ring (bicyclic) bond motifs is 2. The molecule has 0 spiro atoms. The molecule has 2 N–H and O–H groups in total. The summed E-state index contributed by atoms with van der Waals surface area (Å²) in [6.07, 6.45) is 5.83. The van der Waals surface area contributed by atoms with Crippen LogP contribution in [-0.2, 0) is 0 Å². The van der Waals surface area contributed by atoms with Crippen molar-refractivity contribution in [1.29, 1.82) is 0 Å². The fraction of sp³-hybridized carbons (Fsp3) is 0.917. The molecule has 0 aromatic carbocycles. The van der Waals surface area contributed by atoms with E-state index in [1.807, 2.05) is 4.90 Å². The van der Waals surface area contributed by atoms with Crippen LogP contribution in [0.5, 0.6) is 0 Å². The van der Waals surface area contributed by atoms with Crippen molar-refractivity contribution >= 4 is 6.03 Å². The summed E-state index contributed by atoms with van der Waals surface area (Å²) in [6.45, 7) is 4.74. The summed E-state index contributed by atoms with van der Waals surface area (Å²) in [4.78, 5) is 13.9. The molecule has 4 heteroatoms. The first-order chi connectivity index (χ1) is 7.79. The zero-order valence-electron chi connectivity index (χ0n) is 10.2. The van der Waals surface area contributed by atoms with E-state index in [4.69, 9.17) is 0 Å². The average Bonchev–Trinajstić information content (AvgIpc) is 2.58. The van der Waals surface area contributed by atoms with Gasteiger partial charge in [0.15, 0.2) is 0 Å². The lowest BCUT2D eigenvalue weighted by atomic mass is 10.1. The molecule has 0 aromatic heterocycles. The number of urea groups is 1. The van der Waals surface area contributed by atoms with Crippen molar-refractivity contribution in [2.45, 2.75) is 51.1 Å². The minimum absolute atomic E-state index is 0.128. The van der Waals surface area contributed by atoms with Gasteiger partial charge in [-0.2, -0.15) is 0 Å². The molecule has 92 valence electrons. The molecular weight excluding hydrogens is 202 g/mol. The van der Waals surface area contributed by atoms with E-state index < -0.39 is 0 Å². The molecule has 2 atom stereocenters. The van der Waals surface area contributed by atoms with Crippen LogP contribution in [0.15, 0.2) is 0 Å². The molecule has 4 nitrogen and oxygen atoms in total. The van der Waals surface area contributed by atoms with Crippen LogP contribution < -0.4 is 10.6 Å². The summed E-state index contributed by atoms with van der Waals surface area (Å²) in [5, 5.41) is 6.58. The quantitative estimate of drug-likeness (QED) is 0.712. The highest BCUT2D eigenvalue weighted by molar-refractivity contribution is 5.74. The molecule has 2 fully saturated rings. The number of amides is 2. The molecule has 16 heavy (non-hydrogen) atoms. The monoisotopic (exact) mass is 225 g/mol. The maximum Gasteiger partial charge on any atom is 0.317 e. The molecule has 0 aromatic rings. The highest BCUT2D eigenvalue weighted by Gasteiger charge is 2.30. The van der Waals surface area contributed by atoms with Crippen molar-refractivity contribution in [3.63, 3.8) is 0 Å². The lowest BCUT2D eigenvalue weighted by molar-refractivity contribution is 0.194. The minimum atomic E-state index is 0.128. The Kier molecular flexibility index (Phi) is 4.04. The van der Waals surface area contributed by atoms with E-state index in [9.17, 15) is 4.79 Å². The van der Waals surface area contributed by atoms with Crippen LogP contribution in [0.25, 0.3) is 0 Å². The van der Waals surface area contributed by atoms with E-state index >= 15 is 0 Å². The molecule has 0 aliphatic carbocycles. The minimum Gasteiger partial charge on any atom is -0.338 e. The molecular formula is C12H23N3O. The zero-order chi connectivity index (χ0) is 11.4. The van der Waals surface area contributed by atoms with Gasteiger partial charge in [0.25, 0.3) is 0 Å². The van der Waals surface area contributed by atoms with Crippen LogP contribution in [0.1, 0.15) is 39.0 Å². The molecule has 2 bridgehead atoms. The van der Waals surface area contributed by atoms with Gasteiger partial charge in [0.2, 0.25) is 0 Å². The van der Waals surface area contributed by atoms with Gasteiger partial charge < -0.3 is 15.5 Å². The molecule has 2 aliphatic rings. The normalized spacial score (nSPS) is 28.9. The fourth-order valence-electron chi connectivity index (χ4n) is 2.61. The van der Waals surface area contributed by atoms with Crippen molar-refractivity contribution in [2.75, 3.05) is 19.6 Å². The molecule has 2 aliphatic heterocycles. The summed E-state index contributed by atoms with van der Waals surface area (Å²) in [6, 6.07) is 1.31. The number of nitrogens with zero attached hydrogens (tertiary/aromatic N) is 1. The van der Waals surface area contributed by atoms with Crippen molar-refractivity contribution < 1.29 is 4.79 Å². The Hall–Kier alpha value is -0.770. The second kappa shape index (κ2) is 5.53. The molecule has 2 heterocycles. The number of hydrogen-bond acceptors (Lipinski definition) is 2. The van der Waals surface area contributed by atoms with E-state index in [2.05, 4.69) is 17.6 Å². The first-order valence-corrected chi connectivity index (χ1v) is 6.58. The molecule has 2 saturated heterocycles. The van der Waals surface area contributed by atoms with Gasteiger partial charge in [0.1, 0.15) is 0 Å². The van der Waals surface area contributed by atoms with Crippen molar-refractivity contribution in [3.05, 3.63) is 0 Å². The zero-order valence-corrected chi connectivity index (χ0v) is 10.2. The van der Waals surface area contributed by atoms with Gasteiger partial charge in [-0.15, -0.1) is 0 Å². The predicted octanol–water partition coefficient (Wildman–Crippen LogP) is 1.32. The summed E-state index contributed by atoms with van der Waals surface area (Å²) < 4.78 is 0. The highest BCUT2D eigenvalue weighted by atomic mass is 16.2. The molecule has 2 unspecified atom stereocenters. The second-order valence-corrected chi connectivity index (χ2v) is 4.96. The van der Waals surface area contributed by atoms with Crippen LogP contribution in [-0.4, -0.2) is 42.6 Å². The Balaban J connectivity index is 1.78. The number of hydrogen-bond donors (Lipinski definition) is 2. The topological polar surface area (TPSA) is 44.4 Å². The van der Waals surface area contributed by atoms with E-state index in [1.165, 1.54) is 12.8 Å². The number of rotatable bonds is 3. The number of nitrogens with one attached hydrogen (secondary N) is 2. The third-order valence-corrected chi connectivity index (χ3v) is 3.62. The number of carbonyl (C=O) groups excluding carboxylic acids is 1. The maximum absolute atomic E-state index is 11.9. The Bertz CT molecular complexity index is 244. The summed E-state index contributed by atoms with van der Waals surface area (Å²) in [7, 11) is 0. The standard InChI is InChI=1S/C12H23N3O/c1-2-3-7-13-12(16)15-8-6-10-4-5-11(9-15)14-10/h10-11,14H,2-9H2,1H3,(H,13,16). The van der Waals surface area contributed by atoms with Crippen LogP contribution >= 0.6 is 0 Å². The maximum atomic E-state index is 11.9. The van der Waals surface area contributed by atoms with E-state index in [1.54, 1.807) is 0 Å². The van der Waals surface area contributed by atoms with E-state index in [-0.39, 0.29) is 6.03 Å². The summed E-state index contributed by atoms with van der Waals surface area (Å²) >= 11 is 0. The number of carbonyl (C=O) groups is 1. The second-order valence-electron chi connectivity index (χ2n) is 4.96. The highest BCUT2D eigenvalue weighted by Crippen LogP contribution is 2.20. The Morgan fingerprint density at radius 3 is 3.00 bits per heavy atom. The van der Waals surface area contributed by atoms with E-state index in [0.717, 1.165) is 38.9 Å². The van der Waals surface area contributed by atoms with Crippen LogP contribution in [0.4, 0.5) is 4.79 Å². The van der Waals surface area contributed by atoms with Crippen molar-refractivity contribution in [1.82, 2.24) is 15.5 Å². The van der Waals surface area contributed by atoms with E-state index in [0.29, 0.717) is 12.1 Å². The van der Waals surface area contributed by atoms with Crippen molar-refractivity contribution in [2.24, 2.45) is 0 Å². The first-order valence-electron chi connectivity index (χ1n) is 6.58. The molecule has 0 radical (unpaired) electrons. The third kappa shape index (κ3) is 2.88. The van der Waals surface area contributed by atoms with Crippen molar-refractivity contribution in [3.8, 4) is 0 Å². The number of unbranched alkanes of at least 4 members (excludes halogenated alkanes) is 1. The van der Waals surface area contributed by atoms with Gasteiger partial charge in [-0.05, 0) is 25.7 Å². The summed E-state index contributed by atoms with van der Waals surface area (Å²) in [5.41, 5.74) is 0. The summed E-state index contributed by atoms with van der Waals surface area (Å²) in [5.74, 6) is 0. The third-order valence-electron chi connectivity index (χ3n) is 3.62. The Morgan fingerprint density at radius 2 is 2.19 bits per heavy atom. The van der Waals surface area contributed by atoms with Gasteiger partial charge in [0.05, 0.1) is 0 Å². The fourth-order valence-corrected chi connectivity index (χ4v) is 2.61. The van der Waals surface area contributed by atoms with Gasteiger partial charge in [-0.3, -0.25) is 0 Å². The van der Waals surface area contributed by atoms with Gasteiger partial charge in [-0.1, -0.05) is 13.3 Å². The van der Waals surface area contributed by atoms with Crippen LogP contribution in [0, 0.1) is 0 Å². The Labute approximate surface area is 97.8 Å².